The molecule has 2 aromatic rings. The first-order valence-electron chi connectivity index (χ1n) is 9.33. The number of rotatable bonds is 3. The molecule has 1 aromatic heterocycles. The summed E-state index contributed by atoms with van der Waals surface area (Å²) in [5, 5.41) is 7.60. The highest BCUT2D eigenvalue weighted by Crippen LogP contribution is 2.29. The second kappa shape index (κ2) is 6.94. The minimum absolute atomic E-state index is 0.0499. The topological polar surface area (TPSA) is 67.2 Å². The molecule has 2 aliphatic rings. The van der Waals surface area contributed by atoms with Crippen LogP contribution >= 0.6 is 0 Å². The Hall–Kier alpha value is -2.63. The molecule has 0 radical (unpaired) electrons. The summed E-state index contributed by atoms with van der Waals surface area (Å²) in [7, 11) is 1.88. The Balaban J connectivity index is 1.36. The number of carbonyl (C=O) groups excluding carboxylic acids is 2. The van der Waals surface area contributed by atoms with Crippen LogP contribution < -0.4 is 5.32 Å². The van der Waals surface area contributed by atoms with E-state index in [0.29, 0.717) is 31.5 Å². The third-order valence-electron chi connectivity index (χ3n) is 5.48. The van der Waals surface area contributed by atoms with Gasteiger partial charge in [-0.3, -0.25) is 14.3 Å². The molecule has 6 heteroatoms. The van der Waals surface area contributed by atoms with E-state index in [1.54, 1.807) is 4.68 Å². The van der Waals surface area contributed by atoms with Gasteiger partial charge in [-0.1, -0.05) is 18.2 Å². The van der Waals surface area contributed by atoms with Gasteiger partial charge in [-0.2, -0.15) is 5.10 Å². The fourth-order valence-corrected chi connectivity index (χ4v) is 4.00. The van der Waals surface area contributed by atoms with Crippen LogP contribution in [-0.2, 0) is 24.7 Å². The number of nitrogens with one attached hydrogen (secondary N) is 1. The van der Waals surface area contributed by atoms with Gasteiger partial charge in [0.15, 0.2) is 0 Å². The molecule has 1 saturated heterocycles. The summed E-state index contributed by atoms with van der Waals surface area (Å²) in [6.45, 7) is 1.24. The average molecular weight is 352 g/mol. The van der Waals surface area contributed by atoms with E-state index in [-0.39, 0.29) is 17.7 Å². The van der Waals surface area contributed by atoms with Crippen molar-refractivity contribution >= 4 is 17.6 Å². The van der Waals surface area contributed by atoms with E-state index in [4.69, 9.17) is 0 Å². The highest BCUT2D eigenvalue weighted by molar-refractivity contribution is 5.95. The molecule has 0 bridgehead atoms. The van der Waals surface area contributed by atoms with Crippen molar-refractivity contribution in [1.82, 2.24) is 14.7 Å². The molecule has 1 aromatic carbocycles. The van der Waals surface area contributed by atoms with Gasteiger partial charge >= 0.3 is 0 Å². The summed E-state index contributed by atoms with van der Waals surface area (Å²) in [6, 6.07) is 9.33. The second-order valence-electron chi connectivity index (χ2n) is 7.17. The van der Waals surface area contributed by atoms with Gasteiger partial charge in [0.05, 0.1) is 5.69 Å². The highest BCUT2D eigenvalue weighted by atomic mass is 16.2. The van der Waals surface area contributed by atoms with Crippen molar-refractivity contribution in [2.75, 3.05) is 18.4 Å². The summed E-state index contributed by atoms with van der Waals surface area (Å²) in [4.78, 5) is 27.1. The van der Waals surface area contributed by atoms with Crippen LogP contribution in [0, 0.1) is 5.92 Å². The summed E-state index contributed by atoms with van der Waals surface area (Å²) < 4.78 is 1.79. The van der Waals surface area contributed by atoms with Gasteiger partial charge in [0, 0.05) is 37.2 Å². The number of piperidine rings is 1. The lowest BCUT2D eigenvalue weighted by Crippen LogP contribution is -2.41. The number of fused-ring (bicyclic) bond motifs is 1. The minimum Gasteiger partial charge on any atom is -0.339 e. The quantitative estimate of drug-likeness (QED) is 0.922. The van der Waals surface area contributed by atoms with Gasteiger partial charge in [-0.25, -0.2) is 0 Å². The molecule has 0 unspecified atom stereocenters. The maximum absolute atomic E-state index is 12.7. The molecule has 1 aliphatic carbocycles. The summed E-state index contributed by atoms with van der Waals surface area (Å²) in [6.07, 6.45) is 4.50. The summed E-state index contributed by atoms with van der Waals surface area (Å²) >= 11 is 0. The Morgan fingerprint density at radius 1 is 1.12 bits per heavy atom. The molecule has 0 atom stereocenters. The fraction of sp³-hybridized carbons (Fsp3) is 0.450. The van der Waals surface area contributed by atoms with E-state index in [2.05, 4.69) is 10.4 Å². The number of carbonyl (C=O) groups is 2. The Labute approximate surface area is 153 Å². The predicted octanol–water partition coefficient (Wildman–Crippen LogP) is 2.40. The molecule has 4 rings (SSSR count). The van der Waals surface area contributed by atoms with Gasteiger partial charge in [0.1, 0.15) is 5.82 Å². The zero-order valence-electron chi connectivity index (χ0n) is 15.1. The first-order valence-corrected chi connectivity index (χ1v) is 9.33. The number of anilines is 1. The number of aryl methyl sites for hydroxylation is 2. The van der Waals surface area contributed by atoms with E-state index in [1.807, 2.05) is 42.3 Å². The minimum atomic E-state index is -0.0539. The number of hydrogen-bond donors (Lipinski definition) is 1. The van der Waals surface area contributed by atoms with Crippen LogP contribution in [0.15, 0.2) is 30.3 Å². The van der Waals surface area contributed by atoms with Crippen LogP contribution in [0.3, 0.4) is 0 Å². The van der Waals surface area contributed by atoms with Crippen LogP contribution in [0.1, 0.15) is 40.9 Å². The van der Waals surface area contributed by atoms with Crippen LogP contribution in [-0.4, -0.2) is 39.6 Å². The smallest absolute Gasteiger partial charge is 0.253 e. The first-order chi connectivity index (χ1) is 12.6. The lowest BCUT2D eigenvalue weighted by molar-refractivity contribution is -0.121. The molecule has 136 valence electrons. The maximum atomic E-state index is 12.7. The fourth-order valence-electron chi connectivity index (χ4n) is 4.00. The Morgan fingerprint density at radius 2 is 1.85 bits per heavy atom. The van der Waals surface area contributed by atoms with Crippen molar-refractivity contribution in [2.45, 2.75) is 32.1 Å². The van der Waals surface area contributed by atoms with Gasteiger partial charge < -0.3 is 10.2 Å². The highest BCUT2D eigenvalue weighted by Gasteiger charge is 2.29. The monoisotopic (exact) mass is 352 g/mol. The number of aromatic nitrogens is 2. The van der Waals surface area contributed by atoms with E-state index < -0.39 is 0 Å². The second-order valence-corrected chi connectivity index (χ2v) is 7.17. The van der Waals surface area contributed by atoms with Gasteiger partial charge in [0.2, 0.25) is 5.91 Å². The molecule has 1 aliphatic heterocycles. The molecule has 2 amide bonds. The van der Waals surface area contributed by atoms with Crippen LogP contribution in [0.4, 0.5) is 5.82 Å². The van der Waals surface area contributed by atoms with Crippen molar-refractivity contribution in [3.63, 3.8) is 0 Å². The van der Waals surface area contributed by atoms with E-state index >= 15 is 0 Å². The third-order valence-corrected chi connectivity index (χ3v) is 5.48. The van der Waals surface area contributed by atoms with Gasteiger partial charge in [0.25, 0.3) is 5.91 Å². The number of nitrogens with zero attached hydrogens (tertiary/aromatic N) is 3. The van der Waals surface area contributed by atoms with Crippen molar-refractivity contribution < 1.29 is 9.59 Å². The number of benzene rings is 1. The molecule has 0 spiro atoms. The molecule has 0 saturated carbocycles. The zero-order chi connectivity index (χ0) is 18.1. The Morgan fingerprint density at radius 3 is 2.58 bits per heavy atom. The average Bonchev–Trinajstić information content (AvgIpc) is 3.24. The van der Waals surface area contributed by atoms with Gasteiger partial charge in [-0.05, 0) is 44.2 Å². The van der Waals surface area contributed by atoms with E-state index in [9.17, 15) is 9.59 Å². The number of likely N-dealkylation sites (tertiary alicyclic amines) is 1. The molecule has 26 heavy (non-hydrogen) atoms. The lowest BCUT2D eigenvalue weighted by atomic mass is 9.95. The lowest BCUT2D eigenvalue weighted by Gasteiger charge is -2.31. The maximum Gasteiger partial charge on any atom is 0.253 e. The summed E-state index contributed by atoms with van der Waals surface area (Å²) in [5.41, 5.74) is 3.02. The van der Waals surface area contributed by atoms with Crippen LogP contribution in [0.25, 0.3) is 0 Å². The number of hydrogen-bond acceptors (Lipinski definition) is 3. The van der Waals surface area contributed by atoms with Crippen LogP contribution in [0.2, 0.25) is 0 Å². The van der Waals surface area contributed by atoms with Gasteiger partial charge in [-0.15, -0.1) is 0 Å². The molecule has 1 fully saturated rings. The molecule has 6 nitrogen and oxygen atoms in total. The van der Waals surface area contributed by atoms with E-state index in [1.165, 1.54) is 5.56 Å². The molecular weight excluding hydrogens is 328 g/mol. The van der Waals surface area contributed by atoms with Crippen molar-refractivity contribution in [2.24, 2.45) is 13.0 Å². The molecular formula is C20H24N4O2. The first kappa shape index (κ1) is 16.8. The van der Waals surface area contributed by atoms with E-state index in [0.717, 1.165) is 30.8 Å². The summed E-state index contributed by atoms with van der Waals surface area (Å²) in [5.74, 6) is 0.899. The molecule has 2 heterocycles. The third kappa shape index (κ3) is 3.11. The van der Waals surface area contributed by atoms with Crippen molar-refractivity contribution in [3.8, 4) is 0 Å². The van der Waals surface area contributed by atoms with Crippen molar-refractivity contribution in [1.29, 1.82) is 0 Å². The zero-order valence-corrected chi connectivity index (χ0v) is 15.1. The predicted molar refractivity (Wildman–Crippen MR) is 98.9 cm³/mol. The SMILES string of the molecule is Cn1nc2c(c1NC(=O)C1CCN(C(=O)c3ccccc3)CC1)CCC2. The normalized spacial score (nSPS) is 17.2. The standard InChI is InChI=1S/C20H24N4O2/c1-23-18(16-8-5-9-17(16)22-23)21-19(25)14-10-12-24(13-11-14)20(26)15-6-3-2-4-7-15/h2-4,6-7,14H,5,8-13H2,1H3,(H,21,25). The Bertz CT molecular complexity index is 820. The van der Waals surface area contributed by atoms with Crippen LogP contribution in [0.5, 0.6) is 0 Å². The largest absolute Gasteiger partial charge is 0.339 e. The Kier molecular flexibility index (Phi) is 4.49. The molecule has 1 N–H and O–H groups in total. The van der Waals surface area contributed by atoms with Crippen molar-refractivity contribution in [3.05, 3.63) is 47.2 Å². The number of amides is 2.